The molecule has 3 heteroatoms. The highest BCUT2D eigenvalue weighted by atomic mass is 16.3. The van der Waals surface area contributed by atoms with Crippen molar-refractivity contribution in [2.24, 2.45) is 5.73 Å². The van der Waals surface area contributed by atoms with E-state index in [1.165, 1.54) is 6.39 Å². The first-order valence-electron chi connectivity index (χ1n) is 2.98. The molecule has 50 valence electrons. The molecule has 0 radical (unpaired) electrons. The monoisotopic (exact) mass is 126 g/mol. The topological polar surface area (TPSA) is 52.0 Å². The first-order valence-corrected chi connectivity index (χ1v) is 2.98. The molecule has 0 spiro atoms. The first-order chi connectivity index (χ1) is 4.34. The molecule has 0 aromatic carbocycles. The van der Waals surface area contributed by atoms with Crippen LogP contribution in [0, 0.1) is 0 Å². The molecule has 1 heterocycles. The maximum atomic E-state index is 5.60. The second-order valence-corrected chi connectivity index (χ2v) is 1.92. The van der Waals surface area contributed by atoms with Gasteiger partial charge < -0.3 is 10.2 Å². The van der Waals surface area contributed by atoms with Crippen molar-refractivity contribution in [3.63, 3.8) is 0 Å². The summed E-state index contributed by atoms with van der Waals surface area (Å²) in [5.74, 6) is 0.762. The van der Waals surface area contributed by atoms with Crippen molar-refractivity contribution in [3.05, 3.63) is 18.4 Å². The highest BCUT2D eigenvalue weighted by Crippen LogP contribution is 2.10. The second-order valence-electron chi connectivity index (χ2n) is 1.92. The van der Waals surface area contributed by atoms with E-state index < -0.39 is 0 Å². The van der Waals surface area contributed by atoms with E-state index in [1.807, 2.05) is 6.92 Å². The predicted octanol–water partition coefficient (Wildman–Crippen LogP) is 1.08. The van der Waals surface area contributed by atoms with E-state index >= 15 is 0 Å². The predicted molar refractivity (Wildman–Crippen MR) is 33.7 cm³/mol. The number of nitrogens with two attached hydrogens (primary N) is 1. The summed E-state index contributed by atoms with van der Waals surface area (Å²) in [6.45, 7) is 2.01. The van der Waals surface area contributed by atoms with Crippen LogP contribution < -0.4 is 5.73 Å². The van der Waals surface area contributed by atoms with Gasteiger partial charge in [0.2, 0.25) is 0 Å². The van der Waals surface area contributed by atoms with Crippen molar-refractivity contribution in [1.82, 2.24) is 4.98 Å². The molecular formula is C6H10N2O. The third-order valence-corrected chi connectivity index (χ3v) is 1.26. The van der Waals surface area contributed by atoms with Crippen molar-refractivity contribution in [3.8, 4) is 0 Å². The summed E-state index contributed by atoms with van der Waals surface area (Å²) in [6.07, 6.45) is 3.92. The van der Waals surface area contributed by atoms with Gasteiger partial charge in [-0.3, -0.25) is 0 Å². The van der Waals surface area contributed by atoms with Gasteiger partial charge in [-0.25, -0.2) is 4.98 Å². The summed E-state index contributed by atoms with van der Waals surface area (Å²) in [7, 11) is 0. The molecule has 0 saturated heterocycles. The molecule has 0 amide bonds. The van der Waals surface area contributed by atoms with Gasteiger partial charge in [0.05, 0.1) is 12.2 Å². The standard InChI is InChI=1S/C6H10N2O/c1-2-5(7)6-3-8-4-9-6/h3-5H,2,7H2,1H3/t5-/m0/s1. The quantitative estimate of drug-likeness (QED) is 0.645. The second kappa shape index (κ2) is 2.64. The van der Waals surface area contributed by atoms with Gasteiger partial charge in [-0.05, 0) is 6.42 Å². The Morgan fingerprint density at radius 2 is 2.67 bits per heavy atom. The fraction of sp³-hybridized carbons (Fsp3) is 0.500. The number of aromatic nitrogens is 1. The average Bonchev–Trinajstić information content (AvgIpc) is 2.37. The van der Waals surface area contributed by atoms with Crippen molar-refractivity contribution in [2.75, 3.05) is 0 Å². The molecule has 0 saturated carbocycles. The Labute approximate surface area is 53.9 Å². The van der Waals surface area contributed by atoms with Crippen LogP contribution in [-0.4, -0.2) is 4.98 Å². The lowest BCUT2D eigenvalue weighted by Crippen LogP contribution is -2.06. The van der Waals surface area contributed by atoms with Crippen molar-refractivity contribution in [2.45, 2.75) is 19.4 Å². The number of hydrogen-bond donors (Lipinski definition) is 1. The first kappa shape index (κ1) is 6.29. The molecule has 0 unspecified atom stereocenters. The van der Waals surface area contributed by atoms with Gasteiger partial charge in [-0.15, -0.1) is 0 Å². The molecule has 1 aromatic rings. The summed E-state index contributed by atoms with van der Waals surface area (Å²) in [4.78, 5) is 3.74. The molecule has 1 aromatic heterocycles. The van der Waals surface area contributed by atoms with Crippen molar-refractivity contribution >= 4 is 0 Å². The molecule has 1 rings (SSSR count). The van der Waals surface area contributed by atoms with E-state index in [2.05, 4.69) is 4.98 Å². The van der Waals surface area contributed by atoms with Crippen LogP contribution >= 0.6 is 0 Å². The van der Waals surface area contributed by atoms with Crippen LogP contribution in [-0.2, 0) is 0 Å². The number of nitrogens with zero attached hydrogens (tertiary/aromatic N) is 1. The Morgan fingerprint density at radius 1 is 1.89 bits per heavy atom. The molecule has 0 aliphatic rings. The van der Waals surface area contributed by atoms with E-state index in [-0.39, 0.29) is 6.04 Å². The number of oxazole rings is 1. The maximum absolute atomic E-state index is 5.60. The molecule has 0 fully saturated rings. The van der Waals surface area contributed by atoms with Crippen LogP contribution in [0.5, 0.6) is 0 Å². The van der Waals surface area contributed by atoms with Gasteiger partial charge in [0.25, 0.3) is 0 Å². The SMILES string of the molecule is CC[C@H](N)c1cnco1. The van der Waals surface area contributed by atoms with Gasteiger partial charge in [0.1, 0.15) is 5.76 Å². The summed E-state index contributed by atoms with van der Waals surface area (Å²) in [5, 5.41) is 0. The van der Waals surface area contributed by atoms with Crippen LogP contribution in [0.1, 0.15) is 25.1 Å². The number of hydrogen-bond acceptors (Lipinski definition) is 3. The Hall–Kier alpha value is -0.830. The lowest BCUT2D eigenvalue weighted by Gasteiger charge is -2.00. The van der Waals surface area contributed by atoms with E-state index in [0.717, 1.165) is 12.2 Å². The van der Waals surface area contributed by atoms with Crippen LogP contribution in [0.2, 0.25) is 0 Å². The van der Waals surface area contributed by atoms with Crippen molar-refractivity contribution in [1.29, 1.82) is 0 Å². The van der Waals surface area contributed by atoms with Crippen molar-refractivity contribution < 1.29 is 4.42 Å². The van der Waals surface area contributed by atoms with E-state index in [0.29, 0.717) is 0 Å². The van der Waals surface area contributed by atoms with Crippen LogP contribution in [0.15, 0.2) is 17.0 Å². The summed E-state index contributed by atoms with van der Waals surface area (Å²) >= 11 is 0. The Balaban J connectivity index is 2.65. The summed E-state index contributed by atoms with van der Waals surface area (Å²) in [6, 6.07) is 0.00694. The van der Waals surface area contributed by atoms with Gasteiger partial charge in [-0.2, -0.15) is 0 Å². The zero-order valence-electron chi connectivity index (χ0n) is 5.37. The Kier molecular flexibility index (Phi) is 1.85. The van der Waals surface area contributed by atoms with E-state index in [1.54, 1.807) is 6.20 Å². The smallest absolute Gasteiger partial charge is 0.180 e. The van der Waals surface area contributed by atoms with Gasteiger partial charge >= 0.3 is 0 Å². The summed E-state index contributed by atoms with van der Waals surface area (Å²) in [5.41, 5.74) is 5.60. The van der Waals surface area contributed by atoms with E-state index in [4.69, 9.17) is 10.2 Å². The molecule has 3 nitrogen and oxygen atoms in total. The zero-order chi connectivity index (χ0) is 6.69. The van der Waals surface area contributed by atoms with Gasteiger partial charge in [0.15, 0.2) is 6.39 Å². The molecule has 1 atom stereocenters. The molecule has 9 heavy (non-hydrogen) atoms. The minimum absolute atomic E-state index is 0.00694. The van der Waals surface area contributed by atoms with Gasteiger partial charge in [-0.1, -0.05) is 6.92 Å². The van der Waals surface area contributed by atoms with Crippen LogP contribution in [0.25, 0.3) is 0 Å². The molecule has 0 bridgehead atoms. The highest BCUT2D eigenvalue weighted by Gasteiger charge is 2.04. The van der Waals surface area contributed by atoms with E-state index in [9.17, 15) is 0 Å². The average molecular weight is 126 g/mol. The molecule has 0 aliphatic heterocycles. The molecular weight excluding hydrogens is 116 g/mol. The third-order valence-electron chi connectivity index (χ3n) is 1.26. The normalized spacial score (nSPS) is 13.6. The lowest BCUT2D eigenvalue weighted by atomic mass is 10.2. The Bertz CT molecular complexity index is 160. The fourth-order valence-corrected chi connectivity index (χ4v) is 0.610. The zero-order valence-corrected chi connectivity index (χ0v) is 5.37. The number of rotatable bonds is 2. The van der Waals surface area contributed by atoms with Gasteiger partial charge in [0, 0.05) is 0 Å². The molecule has 2 N–H and O–H groups in total. The lowest BCUT2D eigenvalue weighted by molar-refractivity contribution is 0.457. The fourth-order valence-electron chi connectivity index (χ4n) is 0.610. The minimum atomic E-state index is 0.00694. The largest absolute Gasteiger partial charge is 0.447 e. The minimum Gasteiger partial charge on any atom is -0.447 e. The third kappa shape index (κ3) is 1.29. The van der Waals surface area contributed by atoms with Crippen LogP contribution in [0.3, 0.4) is 0 Å². The highest BCUT2D eigenvalue weighted by molar-refractivity contribution is 4.94. The summed E-state index contributed by atoms with van der Waals surface area (Å²) < 4.78 is 4.95. The molecule has 0 aliphatic carbocycles. The Morgan fingerprint density at radius 3 is 3.11 bits per heavy atom. The maximum Gasteiger partial charge on any atom is 0.180 e. The van der Waals surface area contributed by atoms with Crippen LogP contribution in [0.4, 0.5) is 0 Å².